The zero-order valence-corrected chi connectivity index (χ0v) is 15.7. The number of esters is 1. The van der Waals surface area contributed by atoms with Gasteiger partial charge in [0.05, 0.1) is 30.6 Å². The number of fused-ring (bicyclic) bond motifs is 1. The van der Waals surface area contributed by atoms with Crippen LogP contribution in [0.5, 0.6) is 5.75 Å². The van der Waals surface area contributed by atoms with Crippen LogP contribution in [0.1, 0.15) is 23.1 Å². The molecule has 1 saturated heterocycles. The van der Waals surface area contributed by atoms with Crippen molar-refractivity contribution in [2.24, 2.45) is 0 Å². The van der Waals surface area contributed by atoms with Crippen molar-refractivity contribution in [1.29, 1.82) is 0 Å². The fraction of sp³-hybridized carbons (Fsp3) is 0.389. The summed E-state index contributed by atoms with van der Waals surface area (Å²) < 4.78 is 13.7. The molecule has 26 heavy (non-hydrogen) atoms. The molecule has 0 saturated carbocycles. The third kappa shape index (κ3) is 2.90. The van der Waals surface area contributed by atoms with Crippen molar-refractivity contribution in [2.75, 3.05) is 25.1 Å². The van der Waals surface area contributed by atoms with Gasteiger partial charge in [0.25, 0.3) is 0 Å². The first-order chi connectivity index (χ1) is 12.6. The molecular weight excluding hydrogens is 352 g/mol. The van der Waals surface area contributed by atoms with Crippen LogP contribution in [0.2, 0.25) is 0 Å². The molecule has 0 atom stereocenters. The van der Waals surface area contributed by atoms with Gasteiger partial charge in [-0.3, -0.25) is 4.68 Å². The molecule has 1 fully saturated rings. The van der Waals surface area contributed by atoms with Gasteiger partial charge in [-0.05, 0) is 32.0 Å². The van der Waals surface area contributed by atoms with E-state index in [-0.39, 0.29) is 12.1 Å². The Morgan fingerprint density at radius 2 is 2.19 bits per heavy atom. The standard InChI is InChI=1S/C18H20N4O3S/c1-4-22-13(8-11(2)20-22)17(23)25-12-9-21(10-12)18-19-16-14(24-3)6-5-7-15(16)26-18/h5-8,12H,4,9-10H2,1-3H3. The zero-order chi connectivity index (χ0) is 18.3. The first-order valence-corrected chi connectivity index (χ1v) is 9.34. The van der Waals surface area contributed by atoms with Crippen LogP contribution in [0.25, 0.3) is 10.2 Å². The molecule has 0 unspecified atom stereocenters. The third-order valence-electron chi connectivity index (χ3n) is 4.39. The molecule has 0 amide bonds. The molecule has 8 heteroatoms. The van der Waals surface area contributed by atoms with Crippen molar-refractivity contribution in [3.63, 3.8) is 0 Å². The predicted octanol–water partition coefficient (Wildman–Crippen LogP) is 2.88. The van der Waals surface area contributed by atoms with E-state index in [1.807, 2.05) is 32.0 Å². The van der Waals surface area contributed by atoms with Crippen LogP contribution >= 0.6 is 11.3 Å². The van der Waals surface area contributed by atoms with Crippen molar-refractivity contribution < 1.29 is 14.3 Å². The van der Waals surface area contributed by atoms with E-state index in [1.54, 1.807) is 29.2 Å². The van der Waals surface area contributed by atoms with E-state index in [1.165, 1.54) is 0 Å². The molecule has 0 radical (unpaired) electrons. The van der Waals surface area contributed by atoms with Gasteiger partial charge in [0.15, 0.2) is 5.13 Å². The number of carbonyl (C=O) groups excluding carboxylic acids is 1. The molecular formula is C18H20N4O3S. The van der Waals surface area contributed by atoms with Crippen molar-refractivity contribution >= 4 is 32.7 Å². The summed E-state index contributed by atoms with van der Waals surface area (Å²) in [7, 11) is 1.65. The minimum atomic E-state index is -0.317. The highest BCUT2D eigenvalue weighted by Crippen LogP contribution is 2.36. The lowest BCUT2D eigenvalue weighted by molar-refractivity contribution is 0.0220. The van der Waals surface area contributed by atoms with Gasteiger partial charge >= 0.3 is 5.97 Å². The summed E-state index contributed by atoms with van der Waals surface area (Å²) in [5.41, 5.74) is 2.20. The van der Waals surface area contributed by atoms with Crippen LogP contribution in [-0.2, 0) is 11.3 Å². The smallest absolute Gasteiger partial charge is 0.357 e. The molecule has 0 spiro atoms. The summed E-state index contributed by atoms with van der Waals surface area (Å²) in [6, 6.07) is 7.67. The van der Waals surface area contributed by atoms with Crippen molar-refractivity contribution in [1.82, 2.24) is 14.8 Å². The van der Waals surface area contributed by atoms with E-state index in [9.17, 15) is 4.79 Å². The largest absolute Gasteiger partial charge is 0.494 e. The van der Waals surface area contributed by atoms with E-state index in [0.29, 0.717) is 25.3 Å². The fourth-order valence-electron chi connectivity index (χ4n) is 3.04. The number of benzene rings is 1. The fourth-order valence-corrected chi connectivity index (χ4v) is 4.04. The van der Waals surface area contributed by atoms with Gasteiger partial charge in [0, 0.05) is 6.54 Å². The van der Waals surface area contributed by atoms with E-state index in [4.69, 9.17) is 9.47 Å². The lowest BCUT2D eigenvalue weighted by Crippen LogP contribution is -2.53. The van der Waals surface area contributed by atoms with Crippen LogP contribution < -0.4 is 9.64 Å². The maximum atomic E-state index is 12.4. The molecule has 4 rings (SSSR count). The summed E-state index contributed by atoms with van der Waals surface area (Å²) in [5.74, 6) is 0.458. The van der Waals surface area contributed by atoms with Crippen LogP contribution in [0.4, 0.5) is 5.13 Å². The molecule has 0 N–H and O–H groups in total. The number of nitrogens with zero attached hydrogens (tertiary/aromatic N) is 4. The zero-order valence-electron chi connectivity index (χ0n) is 14.9. The highest BCUT2D eigenvalue weighted by Gasteiger charge is 2.33. The van der Waals surface area contributed by atoms with Gasteiger partial charge in [0.1, 0.15) is 23.1 Å². The first kappa shape index (κ1) is 16.8. The van der Waals surface area contributed by atoms with E-state index >= 15 is 0 Å². The van der Waals surface area contributed by atoms with Crippen molar-refractivity contribution in [3.05, 3.63) is 35.7 Å². The number of carbonyl (C=O) groups is 1. The number of hydrogen-bond donors (Lipinski definition) is 0. The molecule has 7 nitrogen and oxygen atoms in total. The minimum Gasteiger partial charge on any atom is -0.494 e. The summed E-state index contributed by atoms with van der Waals surface area (Å²) in [6.45, 7) is 5.76. The maximum absolute atomic E-state index is 12.4. The Morgan fingerprint density at radius 1 is 1.38 bits per heavy atom. The third-order valence-corrected chi connectivity index (χ3v) is 5.48. The second-order valence-corrected chi connectivity index (χ2v) is 7.23. The van der Waals surface area contributed by atoms with Crippen molar-refractivity contribution in [3.8, 4) is 5.75 Å². The SMILES string of the molecule is CCn1nc(C)cc1C(=O)OC1CN(c2nc3c(OC)cccc3s2)C1. The molecule has 1 aliphatic rings. The van der Waals surface area contributed by atoms with Crippen LogP contribution in [0, 0.1) is 6.92 Å². The number of aryl methyl sites for hydroxylation is 2. The highest BCUT2D eigenvalue weighted by atomic mass is 32.1. The summed E-state index contributed by atoms with van der Waals surface area (Å²) in [5, 5.41) is 5.21. The second-order valence-electron chi connectivity index (χ2n) is 6.22. The van der Waals surface area contributed by atoms with Gasteiger partial charge in [0.2, 0.25) is 0 Å². The molecule has 0 aliphatic carbocycles. The molecule has 2 aromatic heterocycles. The minimum absolute atomic E-state index is 0.128. The molecule has 3 aromatic rings. The average molecular weight is 372 g/mol. The van der Waals surface area contributed by atoms with E-state index in [0.717, 1.165) is 26.8 Å². The lowest BCUT2D eigenvalue weighted by atomic mass is 10.2. The van der Waals surface area contributed by atoms with Crippen LogP contribution in [0.3, 0.4) is 0 Å². The summed E-state index contributed by atoms with van der Waals surface area (Å²) in [4.78, 5) is 19.2. The quantitative estimate of drug-likeness (QED) is 0.642. The van der Waals surface area contributed by atoms with Gasteiger partial charge in [-0.1, -0.05) is 17.4 Å². The Kier molecular flexibility index (Phi) is 4.28. The Morgan fingerprint density at radius 3 is 2.92 bits per heavy atom. The molecule has 1 aliphatic heterocycles. The second kappa shape index (κ2) is 6.60. The van der Waals surface area contributed by atoms with Gasteiger partial charge < -0.3 is 14.4 Å². The molecule has 136 valence electrons. The number of rotatable bonds is 5. The monoisotopic (exact) mass is 372 g/mol. The molecule has 1 aromatic carbocycles. The Labute approximate surface area is 155 Å². The van der Waals surface area contributed by atoms with Gasteiger partial charge in [-0.25, -0.2) is 9.78 Å². The Hall–Kier alpha value is -2.61. The molecule has 0 bridgehead atoms. The first-order valence-electron chi connectivity index (χ1n) is 8.53. The number of ether oxygens (including phenoxy) is 2. The summed E-state index contributed by atoms with van der Waals surface area (Å²) in [6.07, 6.45) is -0.128. The van der Waals surface area contributed by atoms with Crippen molar-refractivity contribution in [2.45, 2.75) is 26.5 Å². The van der Waals surface area contributed by atoms with Crippen LogP contribution in [0.15, 0.2) is 24.3 Å². The number of para-hydroxylation sites is 1. The predicted molar refractivity (Wildman–Crippen MR) is 100 cm³/mol. The number of thiazole rings is 1. The Bertz CT molecular complexity index is 959. The van der Waals surface area contributed by atoms with Gasteiger partial charge in [-0.15, -0.1) is 0 Å². The lowest BCUT2D eigenvalue weighted by Gasteiger charge is -2.38. The van der Waals surface area contributed by atoms with Gasteiger partial charge in [-0.2, -0.15) is 5.10 Å². The van der Waals surface area contributed by atoms with E-state index in [2.05, 4.69) is 15.0 Å². The normalized spacial score (nSPS) is 14.5. The van der Waals surface area contributed by atoms with E-state index < -0.39 is 0 Å². The van der Waals surface area contributed by atoms with Crippen LogP contribution in [-0.4, -0.2) is 47.0 Å². The summed E-state index contributed by atoms with van der Waals surface area (Å²) >= 11 is 1.62. The number of aromatic nitrogens is 3. The molecule has 3 heterocycles. The maximum Gasteiger partial charge on any atom is 0.357 e. The average Bonchev–Trinajstić information content (AvgIpc) is 3.19. The Balaban J connectivity index is 1.42. The number of anilines is 1. The number of hydrogen-bond acceptors (Lipinski definition) is 7. The number of methoxy groups -OCH3 is 1. The topological polar surface area (TPSA) is 69.5 Å². The highest BCUT2D eigenvalue weighted by molar-refractivity contribution is 7.22.